The van der Waals surface area contributed by atoms with Crippen molar-refractivity contribution in [3.05, 3.63) is 46.6 Å². The molecule has 13 nitrogen and oxygen atoms in total. The quantitative estimate of drug-likeness (QED) is 0.0138. The molecule has 2 rings (SSSR count). The van der Waals surface area contributed by atoms with Crippen LogP contribution < -0.4 is 25.8 Å². The minimum atomic E-state index is -4.12. The molecular weight excluding hydrogens is 999 g/mol. The molecule has 1 aliphatic rings. The van der Waals surface area contributed by atoms with Crippen molar-refractivity contribution in [1.29, 1.82) is 5.41 Å². The van der Waals surface area contributed by atoms with Crippen molar-refractivity contribution in [2.75, 3.05) is 6.54 Å². The molecule has 448 valence electrons. The van der Waals surface area contributed by atoms with Gasteiger partial charge in [0.05, 0.1) is 10.9 Å². The van der Waals surface area contributed by atoms with E-state index in [0.717, 1.165) is 81.1 Å². The normalized spacial score (nSPS) is 14.5. The molecule has 0 spiro atoms. The van der Waals surface area contributed by atoms with Crippen LogP contribution in [0.2, 0.25) is 0 Å². The molecule has 3 atom stereocenters. The number of hydrogen-bond donors (Lipinski definition) is 5. The van der Waals surface area contributed by atoms with Gasteiger partial charge in [-0.15, -0.1) is 0 Å². The molecule has 1 amide bonds. The van der Waals surface area contributed by atoms with Crippen molar-refractivity contribution in [2.24, 2.45) is 5.73 Å². The van der Waals surface area contributed by atoms with Gasteiger partial charge in [0.15, 0.2) is 0 Å². The topological polar surface area (TPSA) is 199 Å². The second-order valence-corrected chi connectivity index (χ2v) is 25.7. The number of carbonyl (C=O) groups excluding carboxylic acids is 3. The zero-order valence-corrected chi connectivity index (χ0v) is 51.9. The fourth-order valence-electron chi connectivity index (χ4n) is 10.3. The van der Waals surface area contributed by atoms with Crippen molar-refractivity contribution in [3.8, 4) is 5.75 Å². The summed E-state index contributed by atoms with van der Waals surface area (Å²) in [6.07, 6.45) is 44.3. The van der Waals surface area contributed by atoms with Gasteiger partial charge in [0.25, 0.3) is 10.0 Å². The second-order valence-electron chi connectivity index (χ2n) is 24.1. The van der Waals surface area contributed by atoms with E-state index in [1.54, 1.807) is 34.6 Å². The van der Waals surface area contributed by atoms with Crippen molar-refractivity contribution in [3.63, 3.8) is 0 Å². The Balaban J connectivity index is 1.99. The van der Waals surface area contributed by atoms with Crippen molar-refractivity contribution >= 4 is 33.8 Å². The molecule has 0 aromatic heterocycles. The lowest BCUT2D eigenvalue weighted by molar-refractivity contribution is -0.157. The third-order valence-corrected chi connectivity index (χ3v) is 16.5. The molecule has 0 saturated carbocycles. The Kier molecular flexibility index (Phi) is 35.5. The molecule has 1 heterocycles. The Morgan fingerprint density at radius 1 is 0.667 bits per heavy atom. The maximum atomic E-state index is 14.1. The van der Waals surface area contributed by atoms with Crippen molar-refractivity contribution < 1.29 is 37.0 Å². The van der Waals surface area contributed by atoms with Gasteiger partial charge in [0, 0.05) is 24.9 Å². The lowest BCUT2D eigenvalue weighted by Crippen LogP contribution is -2.50. The van der Waals surface area contributed by atoms with Crippen LogP contribution in [0.3, 0.4) is 0 Å². The van der Waals surface area contributed by atoms with E-state index in [2.05, 4.69) is 53.5 Å². The first kappa shape index (κ1) is 70.2. The van der Waals surface area contributed by atoms with E-state index in [4.69, 9.17) is 25.4 Å². The minimum Gasteiger partial charge on any atom is -0.487 e. The van der Waals surface area contributed by atoms with Gasteiger partial charge in [-0.05, 0) is 168 Å². The number of fused-ring (bicyclic) bond motifs is 1. The number of carbonyl (C=O) groups is 3. The smallest absolute Gasteiger partial charge is 0.328 e. The van der Waals surface area contributed by atoms with Gasteiger partial charge in [-0.3, -0.25) is 15.0 Å². The molecule has 1 aliphatic heterocycles. The number of benzene rings is 1. The first-order valence-electron chi connectivity index (χ1n) is 31.1. The summed E-state index contributed by atoms with van der Waals surface area (Å²) in [7, 11) is -4.12. The van der Waals surface area contributed by atoms with Crippen LogP contribution in [0.15, 0.2) is 29.2 Å². The van der Waals surface area contributed by atoms with Gasteiger partial charge >= 0.3 is 11.9 Å². The van der Waals surface area contributed by atoms with E-state index in [-0.39, 0.29) is 36.8 Å². The standard InChI is InChI=1S/C64H113N5O8S/c1-11-13-15-17-19-21-23-25-27-29-31-33-35-37-39-41-44-53(43-40-38-36-34-32-30-28-26-24-22-20-18-16-14-12-2)75-61(72)56(46-47-57(70)76-63(6,7)8)68-60(71)55(65)45-42-48-67-62(66)69-78(73,74)59-51(4)50(3)58-54(52(59)5)49-64(9,10)77-58/h25-28,53,55-56H,11-24,29-49,65H2,1-10H3,(H,68,71)(H3,66,67,69)/b27-25-,28-26-/t53?,55-,56-/m0/s1. The predicted molar refractivity (Wildman–Crippen MR) is 323 cm³/mol. The molecule has 0 aliphatic carbocycles. The molecule has 78 heavy (non-hydrogen) atoms. The summed E-state index contributed by atoms with van der Waals surface area (Å²) in [5, 5.41) is 14.0. The van der Waals surface area contributed by atoms with Gasteiger partial charge in [-0.25, -0.2) is 17.9 Å². The number of allylic oxidation sites excluding steroid dienone is 4. The Bertz CT molecular complexity index is 2060. The van der Waals surface area contributed by atoms with Crippen molar-refractivity contribution in [1.82, 2.24) is 15.4 Å². The summed E-state index contributed by atoms with van der Waals surface area (Å²) < 4.78 is 47.7. The van der Waals surface area contributed by atoms with E-state index in [1.807, 2.05) is 20.8 Å². The van der Waals surface area contributed by atoms with Crippen LogP contribution in [0.1, 0.15) is 283 Å². The van der Waals surface area contributed by atoms with Crippen LogP contribution in [0.4, 0.5) is 0 Å². The van der Waals surface area contributed by atoms with Crippen LogP contribution >= 0.6 is 0 Å². The molecule has 1 aromatic rings. The molecule has 0 saturated heterocycles. The van der Waals surface area contributed by atoms with Crippen LogP contribution in [0, 0.1) is 26.2 Å². The van der Waals surface area contributed by atoms with Gasteiger partial charge in [0.2, 0.25) is 11.9 Å². The zero-order chi connectivity index (χ0) is 57.8. The number of nitrogens with two attached hydrogens (primary N) is 1. The summed E-state index contributed by atoms with van der Waals surface area (Å²) in [5.74, 6) is -1.30. The van der Waals surface area contributed by atoms with E-state index in [0.29, 0.717) is 24.0 Å². The number of rotatable bonds is 44. The SMILES string of the molecule is CCCCCCCC/C=C\CCCCCCCCC(CCCCCCC/C=C\CCCCCCCC)OC(=O)[C@H](CCC(=O)OC(C)(C)C)NC(=O)[C@@H](N)CCCNC(=N)NS(=O)(=O)c1c(C)c(C)c2c(c1C)CC(C)(C)O2. The molecular formula is C64H113N5O8S. The van der Waals surface area contributed by atoms with Gasteiger partial charge in [0.1, 0.15) is 29.1 Å². The average Bonchev–Trinajstić information content (AvgIpc) is 3.71. The maximum absolute atomic E-state index is 14.1. The predicted octanol–water partition coefficient (Wildman–Crippen LogP) is 15.2. The largest absolute Gasteiger partial charge is 0.487 e. The van der Waals surface area contributed by atoms with Crippen LogP contribution in [-0.4, -0.2) is 68.2 Å². The number of ether oxygens (including phenoxy) is 3. The summed E-state index contributed by atoms with van der Waals surface area (Å²) in [6, 6.07) is -2.13. The van der Waals surface area contributed by atoms with Crippen LogP contribution in [-0.2, 0) is 40.3 Å². The van der Waals surface area contributed by atoms with Gasteiger partial charge < -0.3 is 30.6 Å². The number of guanidine groups is 1. The second kappa shape index (κ2) is 39.5. The fraction of sp³-hybridized carbons (Fsp3) is 0.781. The first-order valence-corrected chi connectivity index (χ1v) is 32.6. The molecule has 0 fully saturated rings. The van der Waals surface area contributed by atoms with Gasteiger partial charge in [-0.1, -0.05) is 147 Å². The molecule has 6 N–H and O–H groups in total. The minimum absolute atomic E-state index is 0.00704. The summed E-state index contributed by atoms with van der Waals surface area (Å²) in [5.41, 5.74) is 8.00. The molecule has 14 heteroatoms. The Labute approximate surface area is 475 Å². The molecule has 1 unspecified atom stereocenters. The summed E-state index contributed by atoms with van der Waals surface area (Å²) in [6.45, 7) is 19.3. The number of hydrogen-bond acceptors (Lipinski definition) is 10. The lowest BCUT2D eigenvalue weighted by atomic mass is 9.94. The van der Waals surface area contributed by atoms with E-state index < -0.39 is 57.1 Å². The number of esters is 2. The Hall–Kier alpha value is -3.91. The monoisotopic (exact) mass is 1110 g/mol. The highest BCUT2D eigenvalue weighted by Crippen LogP contribution is 2.43. The van der Waals surface area contributed by atoms with E-state index in [9.17, 15) is 22.8 Å². The fourth-order valence-corrected chi connectivity index (χ4v) is 11.8. The number of nitrogens with one attached hydrogen (secondary N) is 4. The third-order valence-electron chi connectivity index (χ3n) is 14.9. The summed E-state index contributed by atoms with van der Waals surface area (Å²) in [4.78, 5) is 40.8. The highest BCUT2D eigenvalue weighted by atomic mass is 32.2. The molecule has 0 radical (unpaired) electrons. The van der Waals surface area contributed by atoms with Gasteiger partial charge in [-0.2, -0.15) is 0 Å². The highest BCUT2D eigenvalue weighted by molar-refractivity contribution is 7.90. The lowest BCUT2D eigenvalue weighted by Gasteiger charge is -2.25. The maximum Gasteiger partial charge on any atom is 0.328 e. The molecule has 0 bridgehead atoms. The molecule has 1 aromatic carbocycles. The van der Waals surface area contributed by atoms with E-state index in [1.165, 1.54) is 122 Å². The number of amides is 1. The number of unbranched alkanes of at least 4 members (excludes halogenated alkanes) is 23. The number of sulfonamides is 1. The Morgan fingerprint density at radius 2 is 1.13 bits per heavy atom. The summed E-state index contributed by atoms with van der Waals surface area (Å²) >= 11 is 0. The first-order chi connectivity index (χ1) is 37.1. The van der Waals surface area contributed by atoms with E-state index >= 15 is 0 Å². The van der Waals surface area contributed by atoms with Crippen LogP contribution in [0.5, 0.6) is 5.75 Å². The van der Waals surface area contributed by atoms with Crippen LogP contribution in [0.25, 0.3) is 0 Å². The zero-order valence-electron chi connectivity index (χ0n) is 51.0. The highest BCUT2D eigenvalue weighted by Gasteiger charge is 2.37. The Morgan fingerprint density at radius 3 is 1.60 bits per heavy atom. The third kappa shape index (κ3) is 30.6. The van der Waals surface area contributed by atoms with Crippen molar-refractivity contribution in [2.45, 2.75) is 322 Å². The average molecular weight is 1110 g/mol.